The maximum Gasteiger partial charge on any atom is 0.245 e. The molecule has 0 atom stereocenters. The van der Waals surface area contributed by atoms with Crippen molar-refractivity contribution >= 4 is 34.8 Å². The van der Waals surface area contributed by atoms with Crippen LogP contribution in [0, 0.1) is 3.57 Å². The van der Waals surface area contributed by atoms with E-state index in [0.29, 0.717) is 5.95 Å². The Balaban J connectivity index is 2.18. The zero-order chi connectivity index (χ0) is 9.80. The van der Waals surface area contributed by atoms with Gasteiger partial charge >= 0.3 is 0 Å². The van der Waals surface area contributed by atoms with Gasteiger partial charge in [0.15, 0.2) is 0 Å². The zero-order valence-corrected chi connectivity index (χ0v) is 9.34. The van der Waals surface area contributed by atoms with Gasteiger partial charge in [-0.15, -0.1) is 0 Å². The van der Waals surface area contributed by atoms with Gasteiger partial charge in [0.25, 0.3) is 0 Å². The highest BCUT2D eigenvalue weighted by molar-refractivity contribution is 14.1. The van der Waals surface area contributed by atoms with Crippen molar-refractivity contribution in [1.82, 2.24) is 15.2 Å². The Hall–Kier alpha value is -1.24. The van der Waals surface area contributed by atoms with Crippen molar-refractivity contribution in [3.05, 3.63) is 39.7 Å². The van der Waals surface area contributed by atoms with Crippen LogP contribution in [0.15, 0.2) is 35.6 Å². The predicted molar refractivity (Wildman–Crippen MR) is 62.8 cm³/mol. The molecule has 2 rings (SSSR count). The van der Waals surface area contributed by atoms with Crippen molar-refractivity contribution in [2.45, 2.75) is 0 Å². The largest absolute Gasteiger partial charge is 0.245 e. The van der Waals surface area contributed by atoms with Gasteiger partial charge in [0, 0.05) is 9.78 Å². The number of aliphatic imine (C=N–C) groups is 1. The fourth-order valence-electron chi connectivity index (χ4n) is 0.984. The van der Waals surface area contributed by atoms with Gasteiger partial charge in [-0.25, -0.2) is 10.1 Å². The van der Waals surface area contributed by atoms with Crippen molar-refractivity contribution in [2.24, 2.45) is 4.99 Å². The molecular formula is C9H7IN4. The average Bonchev–Trinajstić information content (AvgIpc) is 2.67. The molecule has 4 nitrogen and oxygen atoms in total. The maximum absolute atomic E-state index is 4.12. The number of hydrogen-bond donors (Lipinski definition) is 1. The van der Waals surface area contributed by atoms with E-state index in [1.54, 1.807) is 6.21 Å². The van der Waals surface area contributed by atoms with Crippen LogP contribution in [-0.2, 0) is 0 Å². The van der Waals surface area contributed by atoms with Crippen molar-refractivity contribution in [3.8, 4) is 0 Å². The molecule has 0 aliphatic heterocycles. The number of nitrogens with zero attached hydrogens (tertiary/aromatic N) is 3. The second-order valence-corrected chi connectivity index (χ2v) is 3.87. The lowest BCUT2D eigenvalue weighted by Gasteiger charge is -1.92. The molecule has 0 saturated carbocycles. The van der Waals surface area contributed by atoms with Gasteiger partial charge in [0.2, 0.25) is 5.95 Å². The number of aromatic nitrogens is 3. The molecule has 0 radical (unpaired) electrons. The summed E-state index contributed by atoms with van der Waals surface area (Å²) in [5.74, 6) is 0.517. The molecule has 14 heavy (non-hydrogen) atoms. The van der Waals surface area contributed by atoms with Crippen molar-refractivity contribution in [2.75, 3.05) is 0 Å². The third kappa shape index (κ3) is 2.38. The molecule has 1 heterocycles. The smallest absolute Gasteiger partial charge is 0.244 e. The van der Waals surface area contributed by atoms with Gasteiger partial charge in [-0.05, 0) is 40.3 Å². The Labute approximate surface area is 94.6 Å². The molecule has 0 fully saturated rings. The first-order valence-corrected chi connectivity index (χ1v) is 5.07. The molecule has 0 saturated heterocycles. The van der Waals surface area contributed by atoms with E-state index in [0.717, 1.165) is 5.56 Å². The lowest BCUT2D eigenvalue weighted by atomic mass is 10.2. The van der Waals surface area contributed by atoms with Gasteiger partial charge in [0.05, 0.1) is 0 Å². The molecule has 70 valence electrons. The number of aromatic amines is 1. The van der Waals surface area contributed by atoms with Crippen LogP contribution in [0.1, 0.15) is 5.56 Å². The van der Waals surface area contributed by atoms with E-state index in [9.17, 15) is 0 Å². The number of rotatable bonds is 2. The first kappa shape index (κ1) is 9.32. The van der Waals surface area contributed by atoms with E-state index in [1.807, 2.05) is 24.3 Å². The molecule has 0 spiro atoms. The summed E-state index contributed by atoms with van der Waals surface area (Å²) in [6.07, 6.45) is 3.18. The molecule has 0 aliphatic carbocycles. The summed E-state index contributed by atoms with van der Waals surface area (Å²) in [5, 5.41) is 6.36. The van der Waals surface area contributed by atoms with Crippen LogP contribution in [0.3, 0.4) is 0 Å². The van der Waals surface area contributed by atoms with E-state index in [-0.39, 0.29) is 0 Å². The molecule has 0 aliphatic rings. The standard InChI is InChI=1S/C9H7IN4/c10-8-3-1-2-7(4-8)5-11-9-12-6-13-14-9/h1-6H,(H,12,13,14). The van der Waals surface area contributed by atoms with E-state index >= 15 is 0 Å². The lowest BCUT2D eigenvalue weighted by Crippen LogP contribution is -1.81. The van der Waals surface area contributed by atoms with Crippen molar-refractivity contribution < 1.29 is 0 Å². The number of nitrogens with one attached hydrogen (secondary N) is 1. The molecule has 1 aromatic carbocycles. The summed E-state index contributed by atoms with van der Waals surface area (Å²) < 4.78 is 1.18. The fourth-order valence-corrected chi connectivity index (χ4v) is 1.55. The molecule has 0 bridgehead atoms. The fraction of sp³-hybridized carbons (Fsp3) is 0. The van der Waals surface area contributed by atoms with E-state index in [4.69, 9.17) is 0 Å². The minimum atomic E-state index is 0.517. The van der Waals surface area contributed by atoms with Crippen LogP contribution in [0.5, 0.6) is 0 Å². The Kier molecular flexibility index (Phi) is 2.87. The van der Waals surface area contributed by atoms with Gasteiger partial charge in [-0.2, -0.15) is 10.1 Å². The third-order valence-corrected chi connectivity index (χ3v) is 2.26. The number of H-pyrrole nitrogens is 1. The van der Waals surface area contributed by atoms with Crippen LogP contribution in [0.2, 0.25) is 0 Å². The van der Waals surface area contributed by atoms with Crippen LogP contribution >= 0.6 is 22.6 Å². The highest BCUT2D eigenvalue weighted by Gasteiger charge is 1.91. The summed E-state index contributed by atoms with van der Waals surface area (Å²) in [6, 6.07) is 8.05. The van der Waals surface area contributed by atoms with Crippen LogP contribution in [0.4, 0.5) is 5.95 Å². The second kappa shape index (κ2) is 4.32. The van der Waals surface area contributed by atoms with Crippen LogP contribution in [0.25, 0.3) is 0 Å². The molecule has 5 heteroatoms. The average molecular weight is 298 g/mol. The number of halogens is 1. The topological polar surface area (TPSA) is 53.9 Å². The molecule has 1 N–H and O–H groups in total. The zero-order valence-electron chi connectivity index (χ0n) is 7.18. The Morgan fingerprint density at radius 2 is 2.36 bits per heavy atom. The van der Waals surface area contributed by atoms with Crippen LogP contribution < -0.4 is 0 Å². The summed E-state index contributed by atoms with van der Waals surface area (Å²) in [5.41, 5.74) is 1.05. The summed E-state index contributed by atoms with van der Waals surface area (Å²) in [7, 11) is 0. The van der Waals surface area contributed by atoms with E-state index < -0.39 is 0 Å². The SMILES string of the molecule is Ic1cccc(C=Nc2ncn[nH]2)c1. The Morgan fingerprint density at radius 1 is 1.43 bits per heavy atom. The van der Waals surface area contributed by atoms with Gasteiger partial charge in [0.1, 0.15) is 6.33 Å². The highest BCUT2D eigenvalue weighted by atomic mass is 127. The quantitative estimate of drug-likeness (QED) is 0.682. The monoisotopic (exact) mass is 298 g/mol. The molecular weight excluding hydrogens is 291 g/mol. The Morgan fingerprint density at radius 3 is 3.07 bits per heavy atom. The minimum absolute atomic E-state index is 0.517. The first-order chi connectivity index (χ1) is 6.84. The lowest BCUT2D eigenvalue weighted by molar-refractivity contribution is 1.08. The van der Waals surface area contributed by atoms with Gasteiger partial charge in [-0.3, -0.25) is 0 Å². The van der Waals surface area contributed by atoms with Crippen LogP contribution in [-0.4, -0.2) is 21.4 Å². The van der Waals surface area contributed by atoms with E-state index in [1.165, 1.54) is 9.90 Å². The molecule has 1 aromatic heterocycles. The molecule has 0 amide bonds. The number of benzene rings is 1. The first-order valence-electron chi connectivity index (χ1n) is 3.99. The maximum atomic E-state index is 4.12. The van der Waals surface area contributed by atoms with Crippen molar-refractivity contribution in [1.29, 1.82) is 0 Å². The van der Waals surface area contributed by atoms with Gasteiger partial charge in [-0.1, -0.05) is 12.1 Å². The number of hydrogen-bond acceptors (Lipinski definition) is 3. The predicted octanol–water partition coefficient (Wildman–Crippen LogP) is 2.16. The summed E-state index contributed by atoms with van der Waals surface area (Å²) in [6.45, 7) is 0. The Bertz CT molecular complexity index is 436. The summed E-state index contributed by atoms with van der Waals surface area (Å²) in [4.78, 5) is 8.01. The second-order valence-electron chi connectivity index (χ2n) is 2.62. The van der Waals surface area contributed by atoms with Gasteiger partial charge < -0.3 is 0 Å². The normalized spacial score (nSPS) is 10.9. The summed E-state index contributed by atoms with van der Waals surface area (Å²) >= 11 is 2.26. The highest BCUT2D eigenvalue weighted by Crippen LogP contribution is 2.07. The molecule has 0 unspecified atom stereocenters. The molecule has 2 aromatic rings. The van der Waals surface area contributed by atoms with Crippen molar-refractivity contribution in [3.63, 3.8) is 0 Å². The third-order valence-electron chi connectivity index (χ3n) is 1.59. The minimum Gasteiger partial charge on any atom is -0.244 e. The van der Waals surface area contributed by atoms with E-state index in [2.05, 4.69) is 42.8 Å².